The van der Waals surface area contributed by atoms with Crippen LogP contribution in [0.3, 0.4) is 0 Å². The van der Waals surface area contributed by atoms with Crippen LogP contribution in [-0.2, 0) is 9.53 Å². The quantitative estimate of drug-likeness (QED) is 0.211. The number of hydrogen-bond acceptors (Lipinski definition) is 8. The maximum absolute atomic E-state index is 10.6. The van der Waals surface area contributed by atoms with Crippen molar-refractivity contribution in [2.24, 2.45) is 0 Å². The van der Waals surface area contributed by atoms with Gasteiger partial charge in [0.15, 0.2) is 18.0 Å². The van der Waals surface area contributed by atoms with E-state index in [1.165, 1.54) is 0 Å². The Morgan fingerprint density at radius 3 is 2.07 bits per heavy atom. The van der Waals surface area contributed by atoms with Crippen LogP contribution < -0.4 is 0 Å². The van der Waals surface area contributed by atoms with Crippen molar-refractivity contribution < 1.29 is 40.2 Å². The number of cyclic esters (lactones) is 1. The summed E-state index contributed by atoms with van der Waals surface area (Å²) in [5, 5.41) is 52.1. The van der Waals surface area contributed by atoms with Gasteiger partial charge in [0.2, 0.25) is 5.76 Å². The summed E-state index contributed by atoms with van der Waals surface area (Å²) >= 11 is 0. The van der Waals surface area contributed by atoms with Crippen LogP contribution in [0.2, 0.25) is 0 Å². The molecule has 0 aromatic heterocycles. The first-order valence-corrected chi connectivity index (χ1v) is 3.43. The van der Waals surface area contributed by atoms with Crippen LogP contribution in [0.4, 0.5) is 0 Å². The molecule has 14 heavy (non-hydrogen) atoms. The number of aliphatic hydroxyl groups is 6. The molecule has 8 nitrogen and oxygen atoms in total. The van der Waals surface area contributed by atoms with E-state index < -0.39 is 35.7 Å². The van der Waals surface area contributed by atoms with Crippen LogP contribution in [0.15, 0.2) is 11.5 Å². The van der Waals surface area contributed by atoms with E-state index in [1.807, 2.05) is 0 Å². The van der Waals surface area contributed by atoms with Gasteiger partial charge >= 0.3 is 11.9 Å². The standard InChI is InChI=1S/C6H8O8/c7-1-2(8)5(10)14-3(1)4(9)6(11,12)13/h3-4,7-9,11-13H/t3-,4+/m0/s1. The van der Waals surface area contributed by atoms with Gasteiger partial charge in [-0.3, -0.25) is 0 Å². The van der Waals surface area contributed by atoms with Crippen molar-refractivity contribution >= 4 is 5.97 Å². The third kappa shape index (κ3) is 1.63. The fourth-order valence-corrected chi connectivity index (χ4v) is 0.883. The van der Waals surface area contributed by atoms with Gasteiger partial charge in [-0.25, -0.2) is 4.79 Å². The van der Waals surface area contributed by atoms with E-state index in [0.29, 0.717) is 0 Å². The molecular formula is C6H8O8. The highest BCUT2D eigenvalue weighted by Gasteiger charge is 2.47. The lowest BCUT2D eigenvalue weighted by Crippen LogP contribution is -2.49. The summed E-state index contributed by atoms with van der Waals surface area (Å²) in [5.41, 5.74) is 0. The smallest absolute Gasteiger partial charge is 0.378 e. The van der Waals surface area contributed by atoms with Gasteiger partial charge in [0.25, 0.3) is 0 Å². The Morgan fingerprint density at radius 2 is 1.79 bits per heavy atom. The lowest BCUT2D eigenvalue weighted by Gasteiger charge is -2.24. The Labute approximate surface area is 76.9 Å². The molecule has 0 unspecified atom stereocenters. The Hall–Kier alpha value is -1.35. The van der Waals surface area contributed by atoms with E-state index in [4.69, 9.17) is 30.6 Å². The minimum absolute atomic E-state index is 1.08. The summed E-state index contributed by atoms with van der Waals surface area (Å²) in [5.74, 6) is -7.12. The number of hydrogen-bond donors (Lipinski definition) is 6. The number of rotatable bonds is 2. The molecule has 8 heteroatoms. The SMILES string of the molecule is O=C1O[C@H]([C@@H](O)C(O)(O)O)C(O)=C1O. The van der Waals surface area contributed by atoms with Crippen LogP contribution in [0.5, 0.6) is 0 Å². The lowest BCUT2D eigenvalue weighted by atomic mass is 10.1. The molecule has 0 aromatic rings. The second-order valence-corrected chi connectivity index (χ2v) is 2.69. The molecule has 6 N–H and O–H groups in total. The summed E-state index contributed by atoms with van der Waals surface area (Å²) in [4.78, 5) is 10.6. The first-order chi connectivity index (χ1) is 6.25. The van der Waals surface area contributed by atoms with Crippen molar-refractivity contribution in [3.63, 3.8) is 0 Å². The molecule has 0 saturated carbocycles. The third-order valence-corrected chi connectivity index (χ3v) is 1.62. The minimum Gasteiger partial charge on any atom is -0.505 e. The van der Waals surface area contributed by atoms with Gasteiger partial charge in [0, 0.05) is 0 Å². The van der Waals surface area contributed by atoms with Crippen LogP contribution in [0.1, 0.15) is 0 Å². The van der Waals surface area contributed by atoms with Crippen LogP contribution in [0.25, 0.3) is 0 Å². The van der Waals surface area contributed by atoms with E-state index in [2.05, 4.69) is 4.74 Å². The summed E-state index contributed by atoms with van der Waals surface area (Å²) in [7, 11) is 0. The van der Waals surface area contributed by atoms with Crippen molar-refractivity contribution in [1.82, 2.24) is 0 Å². The number of aliphatic hydroxyl groups excluding tert-OH is 3. The maximum atomic E-state index is 10.6. The van der Waals surface area contributed by atoms with Gasteiger partial charge in [-0.05, 0) is 0 Å². The Bertz CT molecular complexity index is 287. The zero-order chi connectivity index (χ0) is 11.1. The van der Waals surface area contributed by atoms with E-state index in [1.54, 1.807) is 0 Å². The first-order valence-electron chi connectivity index (χ1n) is 3.43. The highest BCUT2D eigenvalue weighted by Crippen LogP contribution is 2.24. The Morgan fingerprint density at radius 1 is 1.29 bits per heavy atom. The van der Waals surface area contributed by atoms with Gasteiger partial charge in [-0.15, -0.1) is 0 Å². The van der Waals surface area contributed by atoms with Gasteiger partial charge in [-0.2, -0.15) is 0 Å². The van der Waals surface area contributed by atoms with Crippen LogP contribution >= 0.6 is 0 Å². The second kappa shape index (κ2) is 3.10. The fourth-order valence-electron chi connectivity index (χ4n) is 0.883. The zero-order valence-electron chi connectivity index (χ0n) is 6.65. The number of ether oxygens (including phenoxy) is 1. The number of carbonyl (C=O) groups is 1. The number of carbonyl (C=O) groups excluding carboxylic acids is 1. The molecule has 1 aliphatic rings. The molecule has 1 rings (SSSR count). The predicted octanol–water partition coefficient (Wildman–Crippen LogP) is -2.77. The first kappa shape index (κ1) is 10.7. The highest BCUT2D eigenvalue weighted by molar-refractivity contribution is 5.89. The highest BCUT2D eigenvalue weighted by atomic mass is 16.7. The molecule has 0 bridgehead atoms. The van der Waals surface area contributed by atoms with E-state index in [9.17, 15) is 4.79 Å². The molecule has 1 aliphatic heterocycles. The van der Waals surface area contributed by atoms with Gasteiger partial charge < -0.3 is 35.4 Å². The topological polar surface area (TPSA) is 148 Å². The fraction of sp³-hybridized carbons (Fsp3) is 0.500. The Kier molecular flexibility index (Phi) is 2.37. The molecular weight excluding hydrogens is 200 g/mol. The molecule has 1 heterocycles. The second-order valence-electron chi connectivity index (χ2n) is 2.69. The van der Waals surface area contributed by atoms with Crippen molar-refractivity contribution in [2.75, 3.05) is 0 Å². The minimum atomic E-state index is -3.55. The summed E-state index contributed by atoms with van der Waals surface area (Å²) in [6.45, 7) is 0. The van der Waals surface area contributed by atoms with Crippen molar-refractivity contribution in [3.05, 3.63) is 11.5 Å². The average Bonchev–Trinajstić information content (AvgIpc) is 2.30. The monoisotopic (exact) mass is 208 g/mol. The summed E-state index contributed by atoms with van der Waals surface area (Å²) in [6, 6.07) is 0. The molecule has 0 radical (unpaired) electrons. The normalized spacial score (nSPS) is 25.1. The molecule has 0 fully saturated rings. The molecule has 0 aliphatic carbocycles. The molecule has 80 valence electrons. The predicted molar refractivity (Wildman–Crippen MR) is 37.6 cm³/mol. The molecule has 0 saturated heterocycles. The van der Waals surface area contributed by atoms with Crippen molar-refractivity contribution in [1.29, 1.82) is 0 Å². The van der Waals surface area contributed by atoms with E-state index >= 15 is 0 Å². The van der Waals surface area contributed by atoms with Gasteiger partial charge in [0.05, 0.1) is 0 Å². The maximum Gasteiger partial charge on any atom is 0.378 e. The van der Waals surface area contributed by atoms with E-state index in [0.717, 1.165) is 0 Å². The van der Waals surface area contributed by atoms with E-state index in [-0.39, 0.29) is 0 Å². The third-order valence-electron chi connectivity index (χ3n) is 1.62. The zero-order valence-corrected chi connectivity index (χ0v) is 6.65. The molecule has 2 atom stereocenters. The number of esters is 1. The largest absolute Gasteiger partial charge is 0.505 e. The molecule has 0 spiro atoms. The summed E-state index contributed by atoms with van der Waals surface area (Å²) in [6.07, 6.45) is -4.31. The van der Waals surface area contributed by atoms with Crippen molar-refractivity contribution in [3.8, 4) is 0 Å². The molecule has 0 aromatic carbocycles. The Balaban J connectivity index is 2.89. The van der Waals surface area contributed by atoms with Gasteiger partial charge in [-0.1, -0.05) is 0 Å². The van der Waals surface area contributed by atoms with Crippen LogP contribution in [0, 0.1) is 0 Å². The lowest BCUT2D eigenvalue weighted by molar-refractivity contribution is -0.364. The molecule has 0 amide bonds. The van der Waals surface area contributed by atoms with Crippen molar-refractivity contribution in [2.45, 2.75) is 18.2 Å². The average molecular weight is 208 g/mol. The van der Waals surface area contributed by atoms with Gasteiger partial charge in [0.1, 0.15) is 0 Å². The van der Waals surface area contributed by atoms with Crippen LogP contribution in [-0.4, -0.2) is 54.8 Å². The summed E-state index contributed by atoms with van der Waals surface area (Å²) < 4.78 is 4.13.